The van der Waals surface area contributed by atoms with Gasteiger partial charge in [-0.1, -0.05) is 28.1 Å². The number of imidazole rings is 1. The monoisotopic (exact) mass is 293 g/mol. The number of rotatable bonds is 4. The van der Waals surface area contributed by atoms with Crippen LogP contribution in [0.25, 0.3) is 0 Å². The summed E-state index contributed by atoms with van der Waals surface area (Å²) in [4.78, 5) is 15.1. The van der Waals surface area contributed by atoms with Gasteiger partial charge in [0.05, 0.1) is 0 Å². The molecule has 0 atom stereocenters. The van der Waals surface area contributed by atoms with Crippen LogP contribution in [0.15, 0.2) is 41.1 Å². The molecule has 2 N–H and O–H groups in total. The van der Waals surface area contributed by atoms with E-state index in [1.807, 2.05) is 24.3 Å². The Hall–Kier alpha value is -1.62. The average Bonchev–Trinajstić information content (AvgIpc) is 2.68. The molecule has 17 heavy (non-hydrogen) atoms. The van der Waals surface area contributed by atoms with E-state index in [1.165, 1.54) is 0 Å². The quantitative estimate of drug-likeness (QED) is 0.933. The highest BCUT2D eigenvalue weighted by Crippen LogP contribution is 2.13. The van der Waals surface area contributed by atoms with E-state index in [1.54, 1.807) is 17.0 Å². The molecule has 1 aromatic heterocycles. The zero-order chi connectivity index (χ0) is 12.3. The number of hydrogen-bond donors (Lipinski definition) is 1. The Morgan fingerprint density at radius 3 is 2.71 bits per heavy atom. The normalized spacial score (nSPS) is 10.4. The van der Waals surface area contributed by atoms with Crippen LogP contribution in [0.2, 0.25) is 0 Å². The van der Waals surface area contributed by atoms with E-state index >= 15 is 0 Å². The van der Waals surface area contributed by atoms with Crippen molar-refractivity contribution in [2.45, 2.75) is 13.0 Å². The van der Waals surface area contributed by atoms with E-state index < -0.39 is 0 Å². The molecule has 0 saturated heterocycles. The molecule has 0 spiro atoms. The number of amides is 1. The summed E-state index contributed by atoms with van der Waals surface area (Å²) in [5.41, 5.74) is 6.32. The maximum absolute atomic E-state index is 10.9. The number of hydrogen-bond acceptors (Lipinski definition) is 2. The van der Waals surface area contributed by atoms with Crippen molar-refractivity contribution in [2.24, 2.45) is 5.73 Å². The molecule has 1 aromatic carbocycles. The van der Waals surface area contributed by atoms with Gasteiger partial charge in [-0.2, -0.15) is 0 Å². The van der Waals surface area contributed by atoms with Gasteiger partial charge >= 0.3 is 0 Å². The minimum atomic E-state index is -0.361. The number of halogens is 1. The predicted octanol–water partition coefficient (Wildman–Crippen LogP) is 1.72. The van der Waals surface area contributed by atoms with Gasteiger partial charge < -0.3 is 10.3 Å². The largest absolute Gasteiger partial charge is 0.368 e. The Bertz CT molecular complexity index is 519. The first kappa shape index (κ1) is 11.9. The first-order valence-electron chi connectivity index (χ1n) is 5.18. The second-order valence-corrected chi connectivity index (χ2v) is 4.66. The van der Waals surface area contributed by atoms with E-state index in [9.17, 15) is 4.79 Å². The van der Waals surface area contributed by atoms with Crippen molar-refractivity contribution < 1.29 is 4.79 Å². The number of nitrogens with zero attached hydrogens (tertiary/aromatic N) is 2. The molecule has 0 unspecified atom stereocenters. The zero-order valence-corrected chi connectivity index (χ0v) is 10.7. The molecule has 0 aliphatic rings. The van der Waals surface area contributed by atoms with Crippen molar-refractivity contribution in [3.63, 3.8) is 0 Å². The molecule has 0 aliphatic carbocycles. The van der Waals surface area contributed by atoms with Crippen LogP contribution < -0.4 is 5.73 Å². The lowest BCUT2D eigenvalue weighted by atomic mass is 10.1. The standard InChI is InChI=1S/C12H12BrN3O/c13-10-3-1-9(2-4-10)7-12-15-5-6-16(12)8-11(14)17/h1-6H,7-8H2,(H2,14,17). The molecule has 2 rings (SSSR count). The number of benzene rings is 1. The molecule has 0 fully saturated rings. The van der Waals surface area contributed by atoms with Crippen molar-refractivity contribution in [1.82, 2.24) is 9.55 Å². The van der Waals surface area contributed by atoms with Gasteiger partial charge in [0.1, 0.15) is 12.4 Å². The van der Waals surface area contributed by atoms with Crippen LogP contribution >= 0.6 is 15.9 Å². The van der Waals surface area contributed by atoms with Crippen molar-refractivity contribution in [3.05, 3.63) is 52.5 Å². The Kier molecular flexibility index (Phi) is 3.58. The first-order valence-corrected chi connectivity index (χ1v) is 5.97. The predicted molar refractivity (Wildman–Crippen MR) is 68.4 cm³/mol. The Morgan fingerprint density at radius 1 is 1.35 bits per heavy atom. The number of aromatic nitrogens is 2. The SMILES string of the molecule is NC(=O)Cn1ccnc1Cc1ccc(Br)cc1. The summed E-state index contributed by atoms with van der Waals surface area (Å²) in [5.74, 6) is 0.478. The smallest absolute Gasteiger partial charge is 0.237 e. The highest BCUT2D eigenvalue weighted by atomic mass is 79.9. The van der Waals surface area contributed by atoms with E-state index in [-0.39, 0.29) is 12.5 Å². The third-order valence-corrected chi connectivity index (χ3v) is 2.93. The molecule has 0 saturated carbocycles. The van der Waals surface area contributed by atoms with Gasteiger partial charge in [-0.3, -0.25) is 4.79 Å². The van der Waals surface area contributed by atoms with Crippen LogP contribution in [0, 0.1) is 0 Å². The van der Waals surface area contributed by atoms with E-state index in [0.29, 0.717) is 6.42 Å². The summed E-state index contributed by atoms with van der Waals surface area (Å²) in [6, 6.07) is 8.01. The first-order chi connectivity index (χ1) is 8.15. The van der Waals surface area contributed by atoms with Gasteiger partial charge in [0, 0.05) is 23.3 Å². The molecule has 0 aliphatic heterocycles. The molecule has 4 nitrogen and oxygen atoms in total. The number of primary amides is 1. The molecule has 0 bridgehead atoms. The summed E-state index contributed by atoms with van der Waals surface area (Å²) in [5, 5.41) is 0. The van der Waals surface area contributed by atoms with Crippen LogP contribution in [-0.2, 0) is 17.8 Å². The molecule has 5 heteroatoms. The molecular weight excluding hydrogens is 282 g/mol. The average molecular weight is 294 g/mol. The van der Waals surface area contributed by atoms with Crippen LogP contribution in [-0.4, -0.2) is 15.5 Å². The lowest BCUT2D eigenvalue weighted by Gasteiger charge is -2.05. The third kappa shape index (κ3) is 3.17. The van der Waals surface area contributed by atoms with Gasteiger partial charge in [0.25, 0.3) is 0 Å². The second kappa shape index (κ2) is 5.14. The fourth-order valence-corrected chi connectivity index (χ4v) is 1.87. The van der Waals surface area contributed by atoms with Crippen LogP contribution in [0.5, 0.6) is 0 Å². The maximum Gasteiger partial charge on any atom is 0.237 e. The van der Waals surface area contributed by atoms with Crippen LogP contribution in [0.3, 0.4) is 0 Å². The summed E-state index contributed by atoms with van der Waals surface area (Å²) in [7, 11) is 0. The highest BCUT2D eigenvalue weighted by Gasteiger charge is 2.06. The summed E-state index contributed by atoms with van der Waals surface area (Å²) in [6.07, 6.45) is 4.13. The lowest BCUT2D eigenvalue weighted by molar-refractivity contribution is -0.118. The molecule has 88 valence electrons. The number of nitrogens with two attached hydrogens (primary N) is 1. The summed E-state index contributed by atoms with van der Waals surface area (Å²) >= 11 is 3.39. The van der Waals surface area contributed by atoms with Crippen molar-refractivity contribution in [3.8, 4) is 0 Å². The summed E-state index contributed by atoms with van der Waals surface area (Å²) in [6.45, 7) is 0.172. The van der Waals surface area contributed by atoms with E-state index in [4.69, 9.17) is 5.73 Å². The highest BCUT2D eigenvalue weighted by molar-refractivity contribution is 9.10. The Balaban J connectivity index is 2.15. The van der Waals surface area contributed by atoms with Crippen molar-refractivity contribution in [2.75, 3.05) is 0 Å². The second-order valence-electron chi connectivity index (χ2n) is 3.74. The van der Waals surface area contributed by atoms with Gasteiger partial charge in [0.15, 0.2) is 0 Å². The Labute approximate surface area is 108 Å². The van der Waals surface area contributed by atoms with Crippen LogP contribution in [0.1, 0.15) is 11.4 Å². The van der Waals surface area contributed by atoms with Gasteiger partial charge in [-0.15, -0.1) is 0 Å². The minimum absolute atomic E-state index is 0.172. The fourth-order valence-electron chi connectivity index (χ4n) is 1.60. The molecule has 0 radical (unpaired) electrons. The third-order valence-electron chi connectivity index (χ3n) is 2.40. The molecule has 1 amide bonds. The van der Waals surface area contributed by atoms with Gasteiger partial charge in [0.2, 0.25) is 5.91 Å². The zero-order valence-electron chi connectivity index (χ0n) is 9.14. The van der Waals surface area contributed by atoms with Crippen molar-refractivity contribution >= 4 is 21.8 Å². The number of carbonyl (C=O) groups excluding carboxylic acids is 1. The fraction of sp³-hybridized carbons (Fsp3) is 0.167. The molecule has 2 aromatic rings. The Morgan fingerprint density at radius 2 is 2.06 bits per heavy atom. The van der Waals surface area contributed by atoms with Gasteiger partial charge in [-0.25, -0.2) is 4.98 Å². The molecule has 1 heterocycles. The minimum Gasteiger partial charge on any atom is -0.368 e. The lowest BCUT2D eigenvalue weighted by Crippen LogP contribution is -2.19. The number of carbonyl (C=O) groups is 1. The summed E-state index contributed by atoms with van der Waals surface area (Å²) < 4.78 is 2.81. The topological polar surface area (TPSA) is 60.9 Å². The maximum atomic E-state index is 10.9. The van der Waals surface area contributed by atoms with E-state index in [2.05, 4.69) is 20.9 Å². The van der Waals surface area contributed by atoms with Gasteiger partial charge in [-0.05, 0) is 17.7 Å². The molecular formula is C12H12BrN3O. The van der Waals surface area contributed by atoms with Crippen molar-refractivity contribution in [1.29, 1.82) is 0 Å². The van der Waals surface area contributed by atoms with E-state index in [0.717, 1.165) is 15.9 Å². The van der Waals surface area contributed by atoms with Crippen LogP contribution in [0.4, 0.5) is 0 Å².